The van der Waals surface area contributed by atoms with Crippen LogP contribution >= 0.6 is 12.2 Å². The maximum atomic E-state index is 12.3. The van der Waals surface area contributed by atoms with Gasteiger partial charge < -0.3 is 4.57 Å². The highest BCUT2D eigenvalue weighted by Crippen LogP contribution is 2.42. The predicted octanol–water partition coefficient (Wildman–Crippen LogP) is 2.93. The van der Waals surface area contributed by atoms with Gasteiger partial charge in [0, 0.05) is 12.2 Å². The monoisotopic (exact) mass is 271 g/mol. The average Bonchev–Trinajstić information content (AvgIpc) is 3.16. The van der Waals surface area contributed by atoms with Crippen LogP contribution in [0.5, 0.6) is 0 Å². The number of aliphatic imine (C=N–C) groups is 1. The molecule has 5 heteroatoms. The molecule has 2 aliphatic rings. The smallest absolute Gasteiger partial charge is 0.277 e. The fourth-order valence-corrected chi connectivity index (χ4v) is 2.67. The summed E-state index contributed by atoms with van der Waals surface area (Å²) in [7, 11) is 0. The number of nitrogens with zero attached hydrogens (tertiary/aromatic N) is 3. The Kier molecular flexibility index (Phi) is 3.06. The van der Waals surface area contributed by atoms with E-state index in [0.717, 1.165) is 18.4 Å². The van der Waals surface area contributed by atoms with Gasteiger partial charge in [-0.25, -0.2) is 0 Å². The molecular weight excluding hydrogens is 258 g/mol. The first-order chi connectivity index (χ1) is 9.22. The van der Waals surface area contributed by atoms with E-state index in [-0.39, 0.29) is 17.5 Å². The van der Waals surface area contributed by atoms with E-state index in [0.29, 0.717) is 11.6 Å². The number of thiocarbonyl (C=S) groups is 1. The summed E-state index contributed by atoms with van der Waals surface area (Å²) in [5.74, 6) is 0.636. The van der Waals surface area contributed by atoms with Gasteiger partial charge in [0.1, 0.15) is 5.69 Å². The second-order valence-corrected chi connectivity index (χ2v) is 5.48. The van der Waals surface area contributed by atoms with Crippen molar-refractivity contribution in [1.29, 1.82) is 5.26 Å². The third-order valence-electron chi connectivity index (χ3n) is 3.95. The van der Waals surface area contributed by atoms with Gasteiger partial charge >= 0.3 is 0 Å². The zero-order valence-electron chi connectivity index (χ0n) is 10.4. The molecule has 0 N–H and O–H groups in total. The molecule has 0 bridgehead atoms. The van der Waals surface area contributed by atoms with E-state index < -0.39 is 0 Å². The van der Waals surface area contributed by atoms with Crippen LogP contribution in [0.2, 0.25) is 0 Å². The molecule has 3 rings (SSSR count). The van der Waals surface area contributed by atoms with E-state index in [4.69, 9.17) is 5.26 Å². The van der Waals surface area contributed by atoms with Crippen LogP contribution in [0.15, 0.2) is 22.1 Å². The molecule has 0 atom stereocenters. The molecule has 0 radical (unpaired) electrons. The molecule has 1 aromatic rings. The summed E-state index contributed by atoms with van der Waals surface area (Å²) in [5, 5.41) is 11.1. The van der Waals surface area contributed by atoms with E-state index >= 15 is 0 Å². The minimum Gasteiger partial charge on any atom is -0.310 e. The number of rotatable bonds is 3. The predicted molar refractivity (Wildman–Crippen MR) is 74.7 cm³/mol. The van der Waals surface area contributed by atoms with Crippen molar-refractivity contribution in [2.45, 2.75) is 37.6 Å². The van der Waals surface area contributed by atoms with E-state index in [1.807, 2.05) is 12.3 Å². The van der Waals surface area contributed by atoms with Crippen molar-refractivity contribution in [1.82, 2.24) is 4.57 Å². The van der Waals surface area contributed by atoms with Gasteiger partial charge in [-0.3, -0.25) is 4.79 Å². The molecule has 0 saturated heterocycles. The zero-order chi connectivity index (χ0) is 13.4. The Bertz CT molecular complexity index is 656. The molecule has 2 saturated carbocycles. The maximum Gasteiger partial charge on any atom is 0.277 e. The van der Waals surface area contributed by atoms with Crippen molar-refractivity contribution in [3.63, 3.8) is 0 Å². The van der Waals surface area contributed by atoms with Crippen LogP contribution in [0.1, 0.15) is 43.2 Å². The van der Waals surface area contributed by atoms with E-state index in [9.17, 15) is 4.79 Å². The minimum absolute atomic E-state index is 0.0824. The number of pyridine rings is 1. The van der Waals surface area contributed by atoms with Crippen LogP contribution in [0, 0.1) is 17.2 Å². The number of aromatic nitrogens is 1. The second kappa shape index (κ2) is 4.73. The topological polar surface area (TPSA) is 58.1 Å². The SMILES string of the molecule is N#CC1CC(n2cc(C3CC3)cc(N=C=S)c2=O)C1. The molecule has 2 fully saturated rings. The summed E-state index contributed by atoms with van der Waals surface area (Å²) < 4.78 is 1.74. The molecule has 1 heterocycles. The molecule has 0 amide bonds. The third-order valence-corrected chi connectivity index (χ3v) is 4.04. The Balaban J connectivity index is 2.00. The highest BCUT2D eigenvalue weighted by molar-refractivity contribution is 7.78. The van der Waals surface area contributed by atoms with Gasteiger partial charge in [0.25, 0.3) is 5.56 Å². The molecule has 96 valence electrons. The summed E-state index contributed by atoms with van der Waals surface area (Å²) >= 11 is 4.60. The van der Waals surface area contributed by atoms with Gasteiger partial charge in [0.05, 0.1) is 17.1 Å². The first kappa shape index (κ1) is 12.3. The lowest BCUT2D eigenvalue weighted by Gasteiger charge is -2.32. The quantitative estimate of drug-likeness (QED) is 0.627. The largest absolute Gasteiger partial charge is 0.310 e. The van der Waals surface area contributed by atoms with Crippen LogP contribution < -0.4 is 5.56 Å². The molecule has 4 nitrogen and oxygen atoms in total. The lowest BCUT2D eigenvalue weighted by atomic mass is 9.81. The normalized spacial score (nSPS) is 25.0. The van der Waals surface area contributed by atoms with Crippen molar-refractivity contribution >= 4 is 23.1 Å². The average molecular weight is 271 g/mol. The first-order valence-electron chi connectivity index (χ1n) is 6.46. The Morgan fingerprint density at radius 2 is 2.16 bits per heavy atom. The fourth-order valence-electron chi connectivity index (χ4n) is 2.57. The third kappa shape index (κ3) is 2.25. The van der Waals surface area contributed by atoms with Crippen LogP contribution in [0.25, 0.3) is 0 Å². The number of hydrogen-bond donors (Lipinski definition) is 0. The summed E-state index contributed by atoms with van der Waals surface area (Å²) in [6.07, 6.45) is 5.80. The Hall–Kier alpha value is -1.76. The van der Waals surface area contributed by atoms with Crippen molar-refractivity contribution in [2.75, 3.05) is 0 Å². The number of hydrogen-bond acceptors (Lipinski definition) is 4. The fraction of sp³-hybridized carbons (Fsp3) is 0.500. The molecule has 0 spiro atoms. The van der Waals surface area contributed by atoms with Gasteiger partial charge in [0.2, 0.25) is 0 Å². The lowest BCUT2D eigenvalue weighted by Crippen LogP contribution is -2.33. The van der Waals surface area contributed by atoms with E-state index in [1.54, 1.807) is 4.57 Å². The summed E-state index contributed by atoms with van der Waals surface area (Å²) in [6, 6.07) is 4.21. The standard InChI is InChI=1S/C14H13N3OS/c15-6-9-3-12(4-9)17-7-11(10-1-2-10)5-13(14(17)18)16-8-19/h5,7,9-10,12H,1-4H2. The van der Waals surface area contributed by atoms with Gasteiger partial charge in [-0.05, 0) is 55.4 Å². The van der Waals surface area contributed by atoms with Crippen LogP contribution in [-0.4, -0.2) is 9.73 Å². The van der Waals surface area contributed by atoms with Crippen molar-refractivity contribution < 1.29 is 0 Å². The Morgan fingerprint density at radius 3 is 2.74 bits per heavy atom. The maximum absolute atomic E-state index is 12.3. The van der Waals surface area contributed by atoms with Crippen molar-refractivity contribution in [3.05, 3.63) is 28.2 Å². The summed E-state index contributed by atoms with van der Waals surface area (Å²) in [6.45, 7) is 0. The highest BCUT2D eigenvalue weighted by atomic mass is 32.1. The highest BCUT2D eigenvalue weighted by Gasteiger charge is 2.33. The molecule has 19 heavy (non-hydrogen) atoms. The number of nitriles is 1. The Labute approximate surface area is 116 Å². The van der Waals surface area contributed by atoms with Crippen LogP contribution in [-0.2, 0) is 0 Å². The van der Waals surface area contributed by atoms with E-state index in [1.165, 1.54) is 12.8 Å². The molecule has 2 aliphatic carbocycles. The summed E-state index contributed by atoms with van der Waals surface area (Å²) in [5.41, 5.74) is 1.41. The van der Waals surface area contributed by atoms with Gasteiger partial charge in [-0.15, -0.1) is 0 Å². The number of isothiocyanates is 1. The molecule has 0 aliphatic heterocycles. The van der Waals surface area contributed by atoms with Crippen molar-refractivity contribution in [3.8, 4) is 6.07 Å². The minimum atomic E-state index is -0.122. The first-order valence-corrected chi connectivity index (χ1v) is 6.87. The van der Waals surface area contributed by atoms with Crippen LogP contribution in [0.3, 0.4) is 0 Å². The zero-order valence-corrected chi connectivity index (χ0v) is 11.2. The lowest BCUT2D eigenvalue weighted by molar-refractivity contribution is 0.242. The van der Waals surface area contributed by atoms with Gasteiger partial charge in [0.15, 0.2) is 0 Å². The summed E-state index contributed by atoms with van der Waals surface area (Å²) in [4.78, 5) is 16.2. The second-order valence-electron chi connectivity index (χ2n) is 5.30. The van der Waals surface area contributed by atoms with Crippen molar-refractivity contribution in [2.24, 2.45) is 10.9 Å². The Morgan fingerprint density at radius 1 is 1.42 bits per heavy atom. The molecular formula is C14H13N3OS. The van der Waals surface area contributed by atoms with Gasteiger partial charge in [-0.1, -0.05) is 0 Å². The van der Waals surface area contributed by atoms with E-state index in [2.05, 4.69) is 28.4 Å². The van der Waals surface area contributed by atoms with Gasteiger partial charge in [-0.2, -0.15) is 10.3 Å². The van der Waals surface area contributed by atoms with Crippen LogP contribution in [0.4, 0.5) is 5.69 Å². The molecule has 0 aromatic carbocycles. The molecule has 0 unspecified atom stereocenters. The molecule has 1 aromatic heterocycles.